The SMILES string of the molecule is COc1nc(Nc2cc(SC)ccc2N)nc(N2CCNCC2)n1. The topological polar surface area (TPSA) is 101 Å². The van der Waals surface area contributed by atoms with Gasteiger partial charge in [-0.15, -0.1) is 11.8 Å². The van der Waals surface area contributed by atoms with E-state index in [0.717, 1.165) is 36.8 Å². The molecule has 1 aliphatic heterocycles. The number of ether oxygens (including phenoxy) is 1. The van der Waals surface area contributed by atoms with Gasteiger partial charge in [-0.05, 0) is 24.5 Å². The van der Waals surface area contributed by atoms with Crippen LogP contribution in [-0.4, -0.2) is 54.5 Å². The number of nitrogens with zero attached hydrogens (tertiary/aromatic N) is 4. The highest BCUT2D eigenvalue weighted by Crippen LogP contribution is 2.28. The molecule has 1 saturated heterocycles. The molecule has 9 heteroatoms. The number of hydrogen-bond acceptors (Lipinski definition) is 9. The van der Waals surface area contributed by atoms with E-state index in [1.54, 1.807) is 18.9 Å². The van der Waals surface area contributed by atoms with E-state index in [1.165, 1.54) is 0 Å². The van der Waals surface area contributed by atoms with Crippen LogP contribution in [0.2, 0.25) is 0 Å². The van der Waals surface area contributed by atoms with Crippen molar-refractivity contribution in [2.24, 2.45) is 0 Å². The fourth-order valence-corrected chi connectivity index (χ4v) is 2.83. The van der Waals surface area contributed by atoms with E-state index in [-0.39, 0.29) is 6.01 Å². The van der Waals surface area contributed by atoms with Gasteiger partial charge < -0.3 is 26.0 Å². The zero-order valence-corrected chi connectivity index (χ0v) is 14.6. The van der Waals surface area contributed by atoms with Crippen LogP contribution in [-0.2, 0) is 0 Å². The second-order valence-electron chi connectivity index (χ2n) is 5.26. The normalized spacial score (nSPS) is 14.5. The van der Waals surface area contributed by atoms with Gasteiger partial charge >= 0.3 is 6.01 Å². The summed E-state index contributed by atoms with van der Waals surface area (Å²) in [4.78, 5) is 16.4. The van der Waals surface area contributed by atoms with E-state index < -0.39 is 0 Å². The summed E-state index contributed by atoms with van der Waals surface area (Å²) < 4.78 is 5.22. The van der Waals surface area contributed by atoms with E-state index in [4.69, 9.17) is 10.5 Å². The predicted molar refractivity (Wildman–Crippen MR) is 97.4 cm³/mol. The van der Waals surface area contributed by atoms with Gasteiger partial charge in [0.05, 0.1) is 18.5 Å². The molecule has 1 aromatic carbocycles. The van der Waals surface area contributed by atoms with Crippen LogP contribution in [0.3, 0.4) is 0 Å². The van der Waals surface area contributed by atoms with E-state index in [0.29, 0.717) is 17.6 Å². The second-order valence-corrected chi connectivity index (χ2v) is 6.14. The summed E-state index contributed by atoms with van der Waals surface area (Å²) in [6.07, 6.45) is 2.02. The zero-order valence-electron chi connectivity index (χ0n) is 13.7. The molecule has 8 nitrogen and oxygen atoms in total. The molecular formula is C15H21N7OS. The molecule has 24 heavy (non-hydrogen) atoms. The summed E-state index contributed by atoms with van der Waals surface area (Å²) in [5.74, 6) is 1.02. The number of nitrogens with one attached hydrogen (secondary N) is 2. The first-order valence-corrected chi connectivity index (χ1v) is 8.88. The first-order chi connectivity index (χ1) is 11.7. The van der Waals surface area contributed by atoms with Gasteiger partial charge in [-0.3, -0.25) is 0 Å². The smallest absolute Gasteiger partial charge is 0.322 e. The monoisotopic (exact) mass is 347 g/mol. The highest BCUT2D eigenvalue weighted by atomic mass is 32.2. The highest BCUT2D eigenvalue weighted by molar-refractivity contribution is 7.98. The molecule has 2 heterocycles. The van der Waals surface area contributed by atoms with Gasteiger partial charge in [0.15, 0.2) is 0 Å². The maximum atomic E-state index is 6.05. The summed E-state index contributed by atoms with van der Waals surface area (Å²) in [6, 6.07) is 6.09. The minimum Gasteiger partial charge on any atom is -0.467 e. The minimum absolute atomic E-state index is 0.278. The van der Waals surface area contributed by atoms with Crippen molar-refractivity contribution in [3.63, 3.8) is 0 Å². The van der Waals surface area contributed by atoms with Gasteiger partial charge in [0.25, 0.3) is 0 Å². The molecule has 0 radical (unpaired) electrons. The average Bonchev–Trinajstić information content (AvgIpc) is 2.64. The maximum absolute atomic E-state index is 6.05. The third-order valence-corrected chi connectivity index (χ3v) is 4.42. The Kier molecular flexibility index (Phi) is 5.21. The molecule has 3 rings (SSSR count). The van der Waals surface area contributed by atoms with Gasteiger partial charge in [0.1, 0.15) is 0 Å². The van der Waals surface area contributed by atoms with Gasteiger partial charge in [0.2, 0.25) is 11.9 Å². The Morgan fingerprint density at radius 1 is 1.25 bits per heavy atom. The van der Waals surface area contributed by atoms with Crippen LogP contribution in [0.25, 0.3) is 0 Å². The van der Waals surface area contributed by atoms with Crippen molar-refractivity contribution >= 4 is 35.0 Å². The molecule has 4 N–H and O–H groups in total. The number of nitrogen functional groups attached to an aromatic ring is 1. The fourth-order valence-electron chi connectivity index (χ4n) is 2.39. The Labute approximate surface area is 145 Å². The number of benzene rings is 1. The van der Waals surface area contributed by atoms with Gasteiger partial charge in [-0.25, -0.2) is 0 Å². The number of thioether (sulfide) groups is 1. The van der Waals surface area contributed by atoms with Crippen molar-refractivity contribution in [3.8, 4) is 6.01 Å². The molecule has 0 spiro atoms. The Balaban J connectivity index is 1.89. The number of hydrogen-bond donors (Lipinski definition) is 3. The fraction of sp³-hybridized carbons (Fsp3) is 0.400. The quantitative estimate of drug-likeness (QED) is 0.546. The van der Waals surface area contributed by atoms with Crippen LogP contribution in [0.15, 0.2) is 23.1 Å². The minimum atomic E-state index is 0.278. The number of nitrogens with two attached hydrogens (primary N) is 1. The van der Waals surface area contributed by atoms with Crippen molar-refractivity contribution in [3.05, 3.63) is 18.2 Å². The summed E-state index contributed by atoms with van der Waals surface area (Å²) in [6.45, 7) is 3.49. The lowest BCUT2D eigenvalue weighted by Crippen LogP contribution is -2.44. The highest BCUT2D eigenvalue weighted by Gasteiger charge is 2.16. The lowest BCUT2D eigenvalue weighted by Gasteiger charge is -2.27. The Bertz CT molecular complexity index is 706. The van der Waals surface area contributed by atoms with Crippen LogP contribution in [0.5, 0.6) is 6.01 Å². The van der Waals surface area contributed by atoms with Gasteiger partial charge in [-0.1, -0.05) is 0 Å². The summed E-state index contributed by atoms with van der Waals surface area (Å²) >= 11 is 1.65. The Morgan fingerprint density at radius 3 is 2.75 bits per heavy atom. The predicted octanol–water partition coefficient (Wildman–Crippen LogP) is 1.34. The van der Waals surface area contributed by atoms with E-state index in [2.05, 4.69) is 30.5 Å². The molecule has 128 valence electrons. The summed E-state index contributed by atoms with van der Waals surface area (Å²) in [5.41, 5.74) is 7.45. The molecule has 1 fully saturated rings. The first kappa shape index (κ1) is 16.6. The Hall–Kier alpha value is -2.26. The van der Waals surface area contributed by atoms with E-state index in [9.17, 15) is 0 Å². The van der Waals surface area contributed by atoms with Crippen LogP contribution in [0, 0.1) is 0 Å². The van der Waals surface area contributed by atoms with Crippen LogP contribution in [0.4, 0.5) is 23.3 Å². The zero-order chi connectivity index (χ0) is 16.9. The summed E-state index contributed by atoms with van der Waals surface area (Å²) in [5, 5.41) is 6.49. The molecular weight excluding hydrogens is 326 g/mol. The standard InChI is InChI=1S/C15H21N7OS/c1-23-15-20-13(18-12-9-10(24-2)3-4-11(12)16)19-14(21-15)22-7-5-17-6-8-22/h3-4,9,17H,5-8,16H2,1-2H3,(H,18,19,20,21). The van der Waals surface area contributed by atoms with E-state index >= 15 is 0 Å². The van der Waals surface area contributed by atoms with Gasteiger partial charge in [-0.2, -0.15) is 15.0 Å². The third-order valence-electron chi connectivity index (χ3n) is 3.69. The van der Waals surface area contributed by atoms with E-state index in [1.807, 2.05) is 24.5 Å². The van der Waals surface area contributed by atoms with Crippen LogP contribution in [0.1, 0.15) is 0 Å². The van der Waals surface area contributed by atoms with Crippen molar-refractivity contribution in [2.75, 3.05) is 55.5 Å². The molecule has 0 unspecified atom stereocenters. The molecule has 1 aliphatic rings. The second kappa shape index (κ2) is 7.54. The molecule has 2 aromatic rings. The lowest BCUT2D eigenvalue weighted by molar-refractivity contribution is 0.378. The maximum Gasteiger partial charge on any atom is 0.322 e. The number of anilines is 4. The van der Waals surface area contributed by atoms with Crippen molar-refractivity contribution in [1.29, 1.82) is 0 Å². The number of methoxy groups -OCH3 is 1. The molecule has 0 atom stereocenters. The van der Waals surface area contributed by atoms with Gasteiger partial charge in [0, 0.05) is 31.1 Å². The number of rotatable bonds is 5. The third kappa shape index (κ3) is 3.80. The molecule has 1 aromatic heterocycles. The first-order valence-electron chi connectivity index (χ1n) is 7.66. The molecule has 0 aliphatic carbocycles. The van der Waals surface area contributed by atoms with Crippen molar-refractivity contribution in [1.82, 2.24) is 20.3 Å². The number of aromatic nitrogens is 3. The van der Waals surface area contributed by atoms with Crippen molar-refractivity contribution in [2.45, 2.75) is 4.90 Å². The number of piperazine rings is 1. The molecule has 0 amide bonds. The van der Waals surface area contributed by atoms with Crippen molar-refractivity contribution < 1.29 is 4.74 Å². The lowest BCUT2D eigenvalue weighted by atomic mass is 10.3. The summed E-state index contributed by atoms with van der Waals surface area (Å²) in [7, 11) is 1.54. The molecule has 0 bridgehead atoms. The Morgan fingerprint density at radius 2 is 2.04 bits per heavy atom. The largest absolute Gasteiger partial charge is 0.467 e. The molecule has 0 saturated carbocycles. The average molecular weight is 347 g/mol. The van der Waals surface area contributed by atoms with Crippen LogP contribution < -0.4 is 26.0 Å². The van der Waals surface area contributed by atoms with Crippen LogP contribution >= 0.6 is 11.8 Å².